The van der Waals surface area contributed by atoms with Crippen molar-refractivity contribution < 1.29 is 9.18 Å². The molecule has 1 aromatic heterocycles. The third-order valence-electron chi connectivity index (χ3n) is 7.13. The van der Waals surface area contributed by atoms with Crippen molar-refractivity contribution in [1.29, 1.82) is 0 Å². The van der Waals surface area contributed by atoms with Gasteiger partial charge in [-0.1, -0.05) is 63.1 Å². The second kappa shape index (κ2) is 9.05. The van der Waals surface area contributed by atoms with E-state index < -0.39 is 5.41 Å². The molecule has 5 rings (SSSR count). The van der Waals surface area contributed by atoms with Crippen molar-refractivity contribution in [2.45, 2.75) is 51.5 Å². The van der Waals surface area contributed by atoms with Gasteiger partial charge in [0.25, 0.3) is 0 Å². The SMILES string of the molecule is CC(C)(C(=O)NC1CCCC1)C(c1ccccc1)c1ccc2c(cnn2-c2ccc(F)cc2)c1. The number of nitrogens with one attached hydrogen (secondary N) is 1. The van der Waals surface area contributed by atoms with Gasteiger partial charge >= 0.3 is 0 Å². The van der Waals surface area contributed by atoms with Crippen LogP contribution in [0.1, 0.15) is 56.6 Å². The highest BCUT2D eigenvalue weighted by molar-refractivity contribution is 5.85. The van der Waals surface area contributed by atoms with Crippen LogP contribution in [0.2, 0.25) is 0 Å². The highest BCUT2D eigenvalue weighted by atomic mass is 19.1. The lowest BCUT2D eigenvalue weighted by Gasteiger charge is -2.35. The molecule has 4 aromatic rings. The molecule has 1 aliphatic carbocycles. The molecule has 1 heterocycles. The second-order valence-electron chi connectivity index (χ2n) is 9.87. The lowest BCUT2D eigenvalue weighted by molar-refractivity contribution is -0.130. The summed E-state index contributed by atoms with van der Waals surface area (Å²) in [6.07, 6.45) is 6.32. The van der Waals surface area contributed by atoms with E-state index in [1.54, 1.807) is 12.1 Å². The zero-order chi connectivity index (χ0) is 23.7. The van der Waals surface area contributed by atoms with Gasteiger partial charge in [0.2, 0.25) is 5.91 Å². The molecule has 0 aliphatic heterocycles. The largest absolute Gasteiger partial charge is 0.353 e. The Hall–Kier alpha value is -3.47. The van der Waals surface area contributed by atoms with Gasteiger partial charge < -0.3 is 5.32 Å². The molecule has 4 nitrogen and oxygen atoms in total. The van der Waals surface area contributed by atoms with E-state index in [9.17, 15) is 9.18 Å². The quantitative estimate of drug-likeness (QED) is 0.367. The summed E-state index contributed by atoms with van der Waals surface area (Å²) in [7, 11) is 0. The maximum atomic E-state index is 13.5. The molecular weight excluding hydrogens is 425 g/mol. The third-order valence-corrected chi connectivity index (χ3v) is 7.13. The molecule has 3 aromatic carbocycles. The van der Waals surface area contributed by atoms with E-state index in [-0.39, 0.29) is 23.7 Å². The van der Waals surface area contributed by atoms with Gasteiger partial charge in [-0.05, 0) is 60.4 Å². The maximum absolute atomic E-state index is 13.5. The summed E-state index contributed by atoms with van der Waals surface area (Å²) >= 11 is 0. The monoisotopic (exact) mass is 455 g/mol. The normalized spacial score (nSPS) is 15.5. The molecular formula is C29H30FN3O. The van der Waals surface area contributed by atoms with E-state index >= 15 is 0 Å². The average molecular weight is 456 g/mol. The number of halogens is 1. The van der Waals surface area contributed by atoms with Gasteiger partial charge in [0.1, 0.15) is 5.82 Å². The van der Waals surface area contributed by atoms with Gasteiger partial charge in [-0.2, -0.15) is 5.10 Å². The summed E-state index contributed by atoms with van der Waals surface area (Å²) in [5.41, 5.74) is 3.28. The minimum absolute atomic E-state index is 0.0929. The van der Waals surface area contributed by atoms with Crippen LogP contribution in [-0.4, -0.2) is 21.7 Å². The van der Waals surface area contributed by atoms with E-state index in [0.717, 1.165) is 40.6 Å². The minimum atomic E-state index is -0.648. The molecule has 34 heavy (non-hydrogen) atoms. The van der Waals surface area contributed by atoms with Gasteiger partial charge in [0, 0.05) is 17.3 Å². The Balaban J connectivity index is 1.54. The molecule has 1 N–H and O–H groups in total. The van der Waals surface area contributed by atoms with Crippen molar-refractivity contribution in [3.8, 4) is 5.69 Å². The number of nitrogens with zero attached hydrogens (tertiary/aromatic N) is 2. The Morgan fingerprint density at radius 1 is 1.00 bits per heavy atom. The molecule has 1 aliphatic rings. The van der Waals surface area contributed by atoms with Crippen LogP contribution < -0.4 is 5.32 Å². The molecule has 0 bridgehead atoms. The first-order valence-electron chi connectivity index (χ1n) is 12.0. The summed E-state index contributed by atoms with van der Waals surface area (Å²) in [5, 5.41) is 8.85. The zero-order valence-corrected chi connectivity index (χ0v) is 19.7. The number of amides is 1. The summed E-state index contributed by atoms with van der Waals surface area (Å²) in [6.45, 7) is 4.09. The van der Waals surface area contributed by atoms with Crippen molar-refractivity contribution in [2.24, 2.45) is 5.41 Å². The highest BCUT2D eigenvalue weighted by Gasteiger charge is 2.40. The predicted molar refractivity (Wildman–Crippen MR) is 133 cm³/mol. The van der Waals surface area contributed by atoms with E-state index in [4.69, 9.17) is 0 Å². The van der Waals surface area contributed by atoms with Crippen LogP contribution in [0.5, 0.6) is 0 Å². The number of rotatable bonds is 6. The zero-order valence-electron chi connectivity index (χ0n) is 19.7. The first kappa shape index (κ1) is 22.3. The van der Waals surface area contributed by atoms with E-state index in [1.807, 2.05) is 49.0 Å². The lowest BCUT2D eigenvalue weighted by Crippen LogP contribution is -2.45. The number of hydrogen-bond donors (Lipinski definition) is 1. The van der Waals surface area contributed by atoms with Gasteiger partial charge in [0.05, 0.1) is 22.8 Å². The molecule has 5 heteroatoms. The summed E-state index contributed by atoms with van der Waals surface area (Å²) in [4.78, 5) is 13.5. The standard InChI is InChI=1S/C29H30FN3O/c1-29(2,28(34)32-24-10-6-7-11-24)27(20-8-4-3-5-9-20)21-12-17-26-22(18-21)19-31-33(26)25-15-13-23(30)14-16-25/h3-5,8-9,12-19,24,27H,6-7,10-11H2,1-2H3,(H,32,34). The van der Waals surface area contributed by atoms with Crippen LogP contribution >= 0.6 is 0 Å². The second-order valence-corrected chi connectivity index (χ2v) is 9.87. The average Bonchev–Trinajstić information content (AvgIpc) is 3.50. The van der Waals surface area contributed by atoms with E-state index in [0.29, 0.717) is 0 Å². The Bertz CT molecular complexity index is 1290. The Labute approximate surface area is 199 Å². The van der Waals surface area contributed by atoms with Crippen LogP contribution in [0.4, 0.5) is 4.39 Å². The third kappa shape index (κ3) is 4.23. The first-order valence-corrected chi connectivity index (χ1v) is 12.0. The Morgan fingerprint density at radius 2 is 1.71 bits per heavy atom. The van der Waals surface area contributed by atoms with Crippen LogP contribution in [-0.2, 0) is 4.79 Å². The molecule has 1 atom stereocenters. The first-order chi connectivity index (χ1) is 16.4. The number of hydrogen-bond acceptors (Lipinski definition) is 2. The van der Waals surface area contributed by atoms with Crippen molar-refractivity contribution in [1.82, 2.24) is 15.1 Å². The molecule has 1 unspecified atom stereocenters. The Kier molecular flexibility index (Phi) is 5.94. The van der Waals surface area contributed by atoms with Crippen LogP contribution in [0.25, 0.3) is 16.6 Å². The van der Waals surface area contributed by atoms with E-state index in [2.05, 4.69) is 34.7 Å². The number of fused-ring (bicyclic) bond motifs is 1. The topological polar surface area (TPSA) is 46.9 Å². The predicted octanol–water partition coefficient (Wildman–Crippen LogP) is 6.38. The number of carbonyl (C=O) groups is 1. The van der Waals surface area contributed by atoms with Crippen molar-refractivity contribution in [3.63, 3.8) is 0 Å². The molecule has 0 radical (unpaired) electrons. The molecule has 174 valence electrons. The molecule has 0 saturated heterocycles. The fourth-order valence-electron chi connectivity index (χ4n) is 5.26. The molecule has 1 amide bonds. The lowest BCUT2D eigenvalue weighted by atomic mass is 9.70. The summed E-state index contributed by atoms with van der Waals surface area (Å²) in [5.74, 6) is -0.296. The summed E-state index contributed by atoms with van der Waals surface area (Å²) < 4.78 is 15.2. The van der Waals surface area contributed by atoms with Crippen LogP contribution in [0, 0.1) is 11.2 Å². The van der Waals surface area contributed by atoms with Crippen LogP contribution in [0.15, 0.2) is 79.0 Å². The fourth-order valence-corrected chi connectivity index (χ4v) is 5.26. The van der Waals surface area contributed by atoms with Gasteiger partial charge in [0.15, 0.2) is 0 Å². The van der Waals surface area contributed by atoms with Gasteiger partial charge in [-0.3, -0.25) is 4.79 Å². The van der Waals surface area contributed by atoms with Crippen molar-refractivity contribution >= 4 is 16.8 Å². The number of benzene rings is 3. The molecule has 1 saturated carbocycles. The number of aromatic nitrogens is 2. The van der Waals surface area contributed by atoms with E-state index in [1.165, 1.54) is 25.0 Å². The Morgan fingerprint density at radius 3 is 2.41 bits per heavy atom. The summed E-state index contributed by atoms with van der Waals surface area (Å²) in [6, 6.07) is 23.1. The smallest absolute Gasteiger partial charge is 0.226 e. The molecule has 0 spiro atoms. The van der Waals surface area contributed by atoms with Gasteiger partial charge in [-0.15, -0.1) is 0 Å². The van der Waals surface area contributed by atoms with Gasteiger partial charge in [-0.25, -0.2) is 9.07 Å². The van der Waals surface area contributed by atoms with Crippen molar-refractivity contribution in [3.05, 3.63) is 95.9 Å². The highest BCUT2D eigenvalue weighted by Crippen LogP contribution is 2.42. The minimum Gasteiger partial charge on any atom is -0.353 e. The number of carbonyl (C=O) groups excluding carboxylic acids is 1. The fraction of sp³-hybridized carbons (Fsp3) is 0.310. The van der Waals surface area contributed by atoms with Crippen LogP contribution in [0.3, 0.4) is 0 Å². The molecule has 1 fully saturated rings. The maximum Gasteiger partial charge on any atom is 0.226 e. The van der Waals surface area contributed by atoms with Crippen molar-refractivity contribution in [2.75, 3.05) is 0 Å².